The van der Waals surface area contributed by atoms with E-state index < -0.39 is 0 Å². The molecule has 4 aliphatic rings. The number of halogens is 1. The first-order chi connectivity index (χ1) is 15.7. The quantitative estimate of drug-likeness (QED) is 0.535. The van der Waals surface area contributed by atoms with Crippen LogP contribution < -0.4 is 22.3 Å². The first-order valence-corrected chi connectivity index (χ1v) is 12.1. The van der Waals surface area contributed by atoms with E-state index in [0.29, 0.717) is 24.4 Å². The Morgan fingerprint density at radius 3 is 2.45 bits per heavy atom. The lowest BCUT2D eigenvalue weighted by Gasteiger charge is -2.54. The number of benzene rings is 1. The minimum absolute atomic E-state index is 0. The Bertz CT molecular complexity index is 1080. The van der Waals surface area contributed by atoms with Crippen molar-refractivity contribution in [3.8, 4) is 11.3 Å². The van der Waals surface area contributed by atoms with Crippen LogP contribution in [0.1, 0.15) is 43.4 Å². The Labute approximate surface area is 201 Å². The molecule has 0 atom stereocenters. The number of aromatic amines is 1. The molecule has 4 aliphatic carbocycles. The molecule has 2 N–H and O–H groups in total. The number of pyridine rings is 1. The van der Waals surface area contributed by atoms with Gasteiger partial charge in [0, 0.05) is 24.2 Å². The molecule has 0 radical (unpaired) electrons. The van der Waals surface area contributed by atoms with Crippen LogP contribution in [-0.2, 0) is 17.8 Å². The number of hydrogen-bond donors (Lipinski definition) is 2. The number of nitrogens with zero attached hydrogens (tertiary/aromatic N) is 2. The third kappa shape index (κ3) is 4.70. The molecule has 0 unspecified atom stereocenters. The molecule has 0 spiro atoms. The zero-order valence-electron chi connectivity index (χ0n) is 18.8. The van der Waals surface area contributed by atoms with Crippen LogP contribution in [0, 0.1) is 23.7 Å². The normalized spacial score (nSPS) is 27.2. The van der Waals surface area contributed by atoms with E-state index in [4.69, 9.17) is 0 Å². The van der Waals surface area contributed by atoms with Crippen LogP contribution in [-0.4, -0.2) is 22.1 Å². The summed E-state index contributed by atoms with van der Waals surface area (Å²) in [6.45, 7) is 0.359. The third-order valence-corrected chi connectivity index (χ3v) is 7.90. The molecule has 5 nitrogen and oxygen atoms in total. The summed E-state index contributed by atoms with van der Waals surface area (Å²) >= 11 is 0. The van der Waals surface area contributed by atoms with Gasteiger partial charge in [0.15, 0.2) is 12.4 Å². The summed E-state index contributed by atoms with van der Waals surface area (Å²) in [5.41, 5.74) is 4.27. The number of carbonyl (C=O) groups excluding carboxylic acids is 1. The second-order valence-corrected chi connectivity index (χ2v) is 10.2. The summed E-state index contributed by atoms with van der Waals surface area (Å²) in [5.74, 6) is 3.41. The van der Waals surface area contributed by atoms with Crippen molar-refractivity contribution in [2.75, 3.05) is 0 Å². The molecule has 2 heterocycles. The first kappa shape index (κ1) is 22.1. The van der Waals surface area contributed by atoms with Gasteiger partial charge in [-0.3, -0.25) is 9.89 Å². The first-order valence-electron chi connectivity index (χ1n) is 12.1. The molecule has 7 rings (SSSR count). The van der Waals surface area contributed by atoms with Gasteiger partial charge < -0.3 is 17.7 Å². The van der Waals surface area contributed by atoms with E-state index in [-0.39, 0.29) is 18.3 Å². The summed E-state index contributed by atoms with van der Waals surface area (Å²) < 4.78 is 1.98. The van der Waals surface area contributed by atoms with Crippen LogP contribution in [0.15, 0.2) is 60.9 Å². The van der Waals surface area contributed by atoms with E-state index in [1.54, 1.807) is 0 Å². The standard InChI is InChI=1S/C27H30N4O.ClH/c32-26(28-27-22-10-19-9-20(12-22)13-23(27)11-19)17-31-8-4-7-21(16-31)25-15-24(29-30-25)14-18-5-2-1-3-6-18;/h1-8,15-16,19-20,22-23,27H,9-14,17H2,(H-,28,29,30,32);1H. The maximum atomic E-state index is 12.9. The predicted octanol–water partition coefficient (Wildman–Crippen LogP) is 0.900. The van der Waals surface area contributed by atoms with Crippen molar-refractivity contribution < 1.29 is 21.8 Å². The fourth-order valence-electron chi connectivity index (χ4n) is 6.75. The Morgan fingerprint density at radius 1 is 1.00 bits per heavy atom. The van der Waals surface area contributed by atoms with Crippen LogP contribution >= 0.6 is 0 Å². The molecular weight excluding hydrogens is 432 g/mol. The minimum Gasteiger partial charge on any atom is -1.00 e. The lowest BCUT2D eigenvalue weighted by atomic mass is 9.54. The van der Waals surface area contributed by atoms with Crippen molar-refractivity contribution in [1.29, 1.82) is 0 Å². The second kappa shape index (κ2) is 9.30. The van der Waals surface area contributed by atoms with Gasteiger partial charge in [-0.1, -0.05) is 30.3 Å². The molecule has 0 aliphatic heterocycles. The van der Waals surface area contributed by atoms with Crippen LogP contribution in [0.25, 0.3) is 11.3 Å². The molecule has 2 aromatic heterocycles. The molecule has 33 heavy (non-hydrogen) atoms. The second-order valence-electron chi connectivity index (χ2n) is 10.2. The monoisotopic (exact) mass is 462 g/mol. The molecule has 1 amide bonds. The summed E-state index contributed by atoms with van der Waals surface area (Å²) in [6.07, 6.45) is 11.6. The number of aromatic nitrogens is 3. The van der Waals surface area contributed by atoms with Crippen molar-refractivity contribution >= 4 is 5.91 Å². The van der Waals surface area contributed by atoms with E-state index in [1.807, 2.05) is 29.1 Å². The smallest absolute Gasteiger partial charge is 0.286 e. The summed E-state index contributed by atoms with van der Waals surface area (Å²) in [4.78, 5) is 12.9. The SMILES string of the molecule is O=C(C[n+]1cccc(-c2cc(Cc3ccccc3)[nH]n2)c1)NC1C2CC3CC(C2)CC1C3.[Cl-]. The van der Waals surface area contributed by atoms with Crippen molar-refractivity contribution in [3.05, 3.63) is 72.2 Å². The van der Waals surface area contributed by atoms with E-state index in [0.717, 1.165) is 35.2 Å². The highest BCUT2D eigenvalue weighted by Gasteiger charge is 2.48. The zero-order valence-corrected chi connectivity index (χ0v) is 19.5. The van der Waals surface area contributed by atoms with Gasteiger partial charge in [0.1, 0.15) is 0 Å². The van der Waals surface area contributed by atoms with E-state index in [1.165, 1.54) is 37.7 Å². The van der Waals surface area contributed by atoms with E-state index in [9.17, 15) is 4.79 Å². The average Bonchev–Trinajstić information content (AvgIpc) is 3.25. The van der Waals surface area contributed by atoms with E-state index in [2.05, 4.69) is 51.9 Å². The van der Waals surface area contributed by atoms with Crippen molar-refractivity contribution in [2.24, 2.45) is 23.7 Å². The van der Waals surface area contributed by atoms with Crippen molar-refractivity contribution in [3.63, 3.8) is 0 Å². The van der Waals surface area contributed by atoms with Gasteiger partial charge >= 0.3 is 0 Å². The highest BCUT2D eigenvalue weighted by Crippen LogP contribution is 2.53. The molecule has 4 fully saturated rings. The number of rotatable bonds is 6. The summed E-state index contributed by atoms with van der Waals surface area (Å²) in [7, 11) is 0. The van der Waals surface area contributed by atoms with Crippen LogP contribution in [0.5, 0.6) is 0 Å². The Hall–Kier alpha value is -2.66. The maximum absolute atomic E-state index is 12.9. The molecule has 4 saturated carbocycles. The summed E-state index contributed by atoms with van der Waals surface area (Å²) in [5, 5.41) is 11.1. The molecule has 3 aromatic rings. The molecule has 1 aromatic carbocycles. The molecule has 4 bridgehead atoms. The van der Waals surface area contributed by atoms with Gasteiger partial charge in [0.2, 0.25) is 6.54 Å². The molecule has 172 valence electrons. The third-order valence-electron chi connectivity index (χ3n) is 7.90. The van der Waals surface area contributed by atoms with Crippen LogP contribution in [0.2, 0.25) is 0 Å². The Balaban J connectivity index is 0.00000228. The number of carbonyl (C=O) groups is 1. The minimum atomic E-state index is 0. The van der Waals surface area contributed by atoms with Crippen molar-refractivity contribution in [1.82, 2.24) is 15.5 Å². The van der Waals surface area contributed by atoms with Gasteiger partial charge in [0.25, 0.3) is 5.91 Å². The highest BCUT2D eigenvalue weighted by molar-refractivity contribution is 5.75. The lowest BCUT2D eigenvalue weighted by Crippen LogP contribution is -3.00. The van der Waals surface area contributed by atoms with E-state index >= 15 is 0 Å². The summed E-state index contributed by atoms with van der Waals surface area (Å²) in [6, 6.07) is 16.9. The largest absolute Gasteiger partial charge is 1.00 e. The number of nitrogens with one attached hydrogen (secondary N) is 2. The van der Waals surface area contributed by atoms with Gasteiger partial charge in [0.05, 0.1) is 11.3 Å². The van der Waals surface area contributed by atoms with Crippen molar-refractivity contribution in [2.45, 2.75) is 51.1 Å². The van der Waals surface area contributed by atoms with Crippen LogP contribution in [0.4, 0.5) is 0 Å². The number of H-pyrrole nitrogens is 1. The topological polar surface area (TPSA) is 61.7 Å². The fourth-order valence-corrected chi connectivity index (χ4v) is 6.75. The molecular formula is C27H31ClN4O. The lowest BCUT2D eigenvalue weighted by molar-refractivity contribution is -0.684. The fraction of sp³-hybridized carbons (Fsp3) is 0.444. The molecule has 0 saturated heterocycles. The van der Waals surface area contributed by atoms with Gasteiger partial charge in [-0.15, -0.1) is 0 Å². The van der Waals surface area contributed by atoms with Crippen LogP contribution in [0.3, 0.4) is 0 Å². The Kier molecular flexibility index (Phi) is 6.24. The number of amides is 1. The van der Waals surface area contributed by atoms with Gasteiger partial charge in [-0.25, -0.2) is 0 Å². The average molecular weight is 463 g/mol. The zero-order chi connectivity index (χ0) is 21.5. The maximum Gasteiger partial charge on any atom is 0.286 e. The Morgan fingerprint density at radius 2 is 1.73 bits per heavy atom. The highest BCUT2D eigenvalue weighted by atomic mass is 35.5. The van der Waals surface area contributed by atoms with Gasteiger partial charge in [-0.05, 0) is 73.5 Å². The number of hydrogen-bond acceptors (Lipinski definition) is 2. The van der Waals surface area contributed by atoms with Gasteiger partial charge in [-0.2, -0.15) is 9.67 Å². The predicted molar refractivity (Wildman–Crippen MR) is 122 cm³/mol. The molecule has 6 heteroatoms.